The first-order valence-corrected chi connectivity index (χ1v) is 8.47. The van der Waals surface area contributed by atoms with Gasteiger partial charge in [-0.3, -0.25) is 14.7 Å². The van der Waals surface area contributed by atoms with Gasteiger partial charge < -0.3 is 9.40 Å². The van der Waals surface area contributed by atoms with Gasteiger partial charge in [0.15, 0.2) is 11.6 Å². The summed E-state index contributed by atoms with van der Waals surface area (Å²) in [7, 11) is 0. The number of pyridine rings is 1. The molecule has 3 aromatic rings. The van der Waals surface area contributed by atoms with Crippen LogP contribution in [0, 0.1) is 0 Å². The Hall–Kier alpha value is -2.25. The quantitative estimate of drug-likeness (QED) is 0.748. The predicted octanol–water partition coefficient (Wildman–Crippen LogP) is 2.75. The van der Waals surface area contributed by atoms with E-state index in [1.54, 1.807) is 24.6 Å². The van der Waals surface area contributed by atoms with Crippen LogP contribution >= 0.6 is 15.9 Å². The zero-order valence-electron chi connectivity index (χ0n) is 12.8. The van der Waals surface area contributed by atoms with Crippen LogP contribution in [-0.2, 0) is 19.5 Å². The molecule has 4 rings (SSSR count). The summed E-state index contributed by atoms with van der Waals surface area (Å²) in [6.07, 6.45) is 4.10. The van der Waals surface area contributed by atoms with Crippen LogP contribution in [0.5, 0.6) is 0 Å². The first kappa shape index (κ1) is 15.3. The Labute approximate surface area is 146 Å². The Balaban J connectivity index is 1.57. The molecule has 0 radical (unpaired) electrons. The van der Waals surface area contributed by atoms with Crippen LogP contribution in [0.25, 0.3) is 11.6 Å². The summed E-state index contributed by atoms with van der Waals surface area (Å²) in [5, 5.41) is 0. The maximum Gasteiger partial charge on any atom is 0.256 e. The number of nitrogens with zero attached hydrogens (tertiary/aromatic N) is 3. The number of aromatic amines is 1. The van der Waals surface area contributed by atoms with Crippen LogP contribution in [0.4, 0.5) is 0 Å². The second-order valence-electron chi connectivity index (χ2n) is 5.75. The number of furan rings is 1. The summed E-state index contributed by atoms with van der Waals surface area (Å²) in [5.41, 5.74) is 2.47. The molecular formula is C17H15BrN4O2. The molecule has 1 aliphatic rings. The number of rotatable bonds is 3. The Bertz CT molecular complexity index is 903. The van der Waals surface area contributed by atoms with E-state index in [4.69, 9.17) is 4.42 Å². The molecule has 0 saturated heterocycles. The number of hydrogen-bond acceptors (Lipinski definition) is 5. The highest BCUT2D eigenvalue weighted by Crippen LogP contribution is 2.20. The van der Waals surface area contributed by atoms with Gasteiger partial charge in [0.25, 0.3) is 5.56 Å². The first-order chi connectivity index (χ1) is 11.7. The van der Waals surface area contributed by atoms with E-state index in [0.29, 0.717) is 24.7 Å². The molecule has 0 atom stereocenters. The van der Waals surface area contributed by atoms with E-state index in [0.717, 1.165) is 34.4 Å². The Morgan fingerprint density at radius 2 is 2.25 bits per heavy atom. The molecule has 1 N–H and O–H groups in total. The topological polar surface area (TPSA) is 75.0 Å². The fourth-order valence-electron chi connectivity index (χ4n) is 2.87. The van der Waals surface area contributed by atoms with E-state index < -0.39 is 0 Å². The molecule has 0 spiro atoms. The lowest BCUT2D eigenvalue weighted by molar-refractivity contribution is 0.239. The molecule has 4 heterocycles. The normalized spacial score (nSPS) is 14.5. The third-order valence-electron chi connectivity index (χ3n) is 4.08. The molecule has 0 fully saturated rings. The van der Waals surface area contributed by atoms with E-state index in [9.17, 15) is 4.79 Å². The van der Waals surface area contributed by atoms with Gasteiger partial charge in [-0.05, 0) is 40.2 Å². The maximum absolute atomic E-state index is 12.4. The van der Waals surface area contributed by atoms with Crippen LogP contribution in [0.3, 0.4) is 0 Å². The van der Waals surface area contributed by atoms with Gasteiger partial charge in [0.1, 0.15) is 0 Å². The van der Waals surface area contributed by atoms with Crippen LogP contribution in [0.15, 0.2) is 50.4 Å². The van der Waals surface area contributed by atoms with E-state index in [1.807, 2.05) is 12.1 Å². The SMILES string of the molecule is O=c1[nH]c(-c2ccco2)nc2c1CN(Cc1ccc(Br)cn1)CC2. The van der Waals surface area contributed by atoms with Crippen molar-refractivity contribution in [1.29, 1.82) is 0 Å². The number of nitrogens with one attached hydrogen (secondary N) is 1. The number of halogens is 1. The lowest BCUT2D eigenvalue weighted by Gasteiger charge is -2.27. The average molecular weight is 387 g/mol. The van der Waals surface area contributed by atoms with Crippen molar-refractivity contribution in [3.63, 3.8) is 0 Å². The molecule has 0 amide bonds. The molecule has 0 aliphatic carbocycles. The van der Waals surface area contributed by atoms with Crippen molar-refractivity contribution < 1.29 is 4.42 Å². The zero-order chi connectivity index (χ0) is 16.5. The predicted molar refractivity (Wildman–Crippen MR) is 92.3 cm³/mol. The minimum atomic E-state index is -0.0973. The van der Waals surface area contributed by atoms with Gasteiger partial charge in [0.05, 0.1) is 23.2 Å². The fraction of sp³-hybridized carbons (Fsp3) is 0.235. The highest BCUT2D eigenvalue weighted by Gasteiger charge is 2.22. The summed E-state index contributed by atoms with van der Waals surface area (Å²) in [5.74, 6) is 1.07. The number of hydrogen-bond donors (Lipinski definition) is 1. The van der Waals surface area contributed by atoms with Crippen molar-refractivity contribution in [3.05, 3.63) is 68.5 Å². The summed E-state index contributed by atoms with van der Waals surface area (Å²) < 4.78 is 6.28. The van der Waals surface area contributed by atoms with Gasteiger partial charge in [-0.25, -0.2) is 4.98 Å². The molecule has 122 valence electrons. The Kier molecular flexibility index (Phi) is 4.03. The molecule has 7 heteroatoms. The van der Waals surface area contributed by atoms with Gasteiger partial charge in [0, 0.05) is 36.7 Å². The van der Waals surface area contributed by atoms with Gasteiger partial charge in [-0.15, -0.1) is 0 Å². The average Bonchev–Trinajstić information content (AvgIpc) is 3.12. The largest absolute Gasteiger partial charge is 0.461 e. The molecule has 6 nitrogen and oxygen atoms in total. The molecular weight excluding hydrogens is 372 g/mol. The summed E-state index contributed by atoms with van der Waals surface area (Å²) in [6.45, 7) is 2.14. The monoisotopic (exact) mass is 386 g/mol. The highest BCUT2D eigenvalue weighted by molar-refractivity contribution is 9.10. The second kappa shape index (κ2) is 6.33. The van der Waals surface area contributed by atoms with Crippen LogP contribution in [0.1, 0.15) is 17.0 Å². The minimum Gasteiger partial charge on any atom is -0.461 e. The van der Waals surface area contributed by atoms with Gasteiger partial charge in [0.2, 0.25) is 0 Å². The third kappa shape index (κ3) is 3.05. The van der Waals surface area contributed by atoms with Gasteiger partial charge in [-0.2, -0.15) is 0 Å². The number of fused-ring (bicyclic) bond motifs is 1. The maximum atomic E-state index is 12.4. The third-order valence-corrected chi connectivity index (χ3v) is 4.55. The van der Waals surface area contributed by atoms with Crippen molar-refractivity contribution in [2.45, 2.75) is 19.5 Å². The number of H-pyrrole nitrogens is 1. The molecule has 24 heavy (non-hydrogen) atoms. The summed E-state index contributed by atoms with van der Waals surface area (Å²) in [4.78, 5) is 26.4. The Morgan fingerprint density at radius 3 is 3.00 bits per heavy atom. The summed E-state index contributed by atoms with van der Waals surface area (Å²) >= 11 is 3.39. The van der Waals surface area contributed by atoms with Crippen molar-refractivity contribution in [1.82, 2.24) is 19.9 Å². The summed E-state index contributed by atoms with van der Waals surface area (Å²) in [6, 6.07) is 7.53. The van der Waals surface area contributed by atoms with Gasteiger partial charge in [-0.1, -0.05) is 0 Å². The van der Waals surface area contributed by atoms with E-state index >= 15 is 0 Å². The second-order valence-corrected chi connectivity index (χ2v) is 6.66. The van der Waals surface area contributed by atoms with Crippen molar-refractivity contribution in [3.8, 4) is 11.6 Å². The van der Waals surface area contributed by atoms with Crippen molar-refractivity contribution in [2.75, 3.05) is 6.54 Å². The molecule has 0 saturated carbocycles. The van der Waals surface area contributed by atoms with E-state index in [-0.39, 0.29) is 5.56 Å². The van der Waals surface area contributed by atoms with Crippen LogP contribution in [0.2, 0.25) is 0 Å². The molecule has 1 aliphatic heterocycles. The van der Waals surface area contributed by atoms with Crippen LogP contribution < -0.4 is 5.56 Å². The van der Waals surface area contributed by atoms with Crippen LogP contribution in [-0.4, -0.2) is 26.4 Å². The number of aromatic nitrogens is 3. The van der Waals surface area contributed by atoms with Crippen molar-refractivity contribution in [2.24, 2.45) is 0 Å². The van der Waals surface area contributed by atoms with E-state index in [2.05, 4.69) is 35.8 Å². The first-order valence-electron chi connectivity index (χ1n) is 7.68. The smallest absolute Gasteiger partial charge is 0.256 e. The molecule has 3 aromatic heterocycles. The lowest BCUT2D eigenvalue weighted by Crippen LogP contribution is -2.35. The molecule has 0 bridgehead atoms. The van der Waals surface area contributed by atoms with Crippen molar-refractivity contribution >= 4 is 15.9 Å². The van der Waals surface area contributed by atoms with E-state index in [1.165, 1.54) is 0 Å². The standard InChI is InChI=1S/C17H15BrN4O2/c18-11-3-4-12(19-8-11)9-22-6-5-14-13(10-22)17(23)21-16(20-14)15-2-1-7-24-15/h1-4,7-8H,5-6,9-10H2,(H,20,21,23). The molecule has 0 aromatic carbocycles. The Morgan fingerprint density at radius 1 is 1.33 bits per heavy atom. The highest BCUT2D eigenvalue weighted by atomic mass is 79.9. The lowest BCUT2D eigenvalue weighted by atomic mass is 10.1. The fourth-order valence-corrected chi connectivity index (χ4v) is 3.11. The minimum absolute atomic E-state index is 0.0973. The zero-order valence-corrected chi connectivity index (χ0v) is 14.4. The van der Waals surface area contributed by atoms with Gasteiger partial charge >= 0.3 is 0 Å². The molecule has 0 unspecified atom stereocenters.